The Hall–Kier alpha value is -2.33. The first-order valence-electron chi connectivity index (χ1n) is 9.08. The molecule has 0 spiro atoms. The van der Waals surface area contributed by atoms with E-state index in [0.717, 1.165) is 16.7 Å². The molecule has 0 bridgehead atoms. The molecule has 19 heteroatoms. The normalized spacial score (nSPS) is 9.45. The predicted molar refractivity (Wildman–Crippen MR) is 139 cm³/mol. The van der Waals surface area contributed by atoms with Gasteiger partial charge in [0.25, 0.3) is 0 Å². The molecule has 0 aliphatic rings. The fraction of sp³-hybridized carbons (Fsp3) is 0.143. The van der Waals surface area contributed by atoms with Gasteiger partial charge in [0.2, 0.25) is 0 Å². The van der Waals surface area contributed by atoms with Gasteiger partial charge in [0.1, 0.15) is 30.4 Å². The summed E-state index contributed by atoms with van der Waals surface area (Å²) in [6, 6.07) is 17.3. The van der Waals surface area contributed by atoms with Crippen LogP contribution in [-0.2, 0) is 47.4 Å². The van der Waals surface area contributed by atoms with Gasteiger partial charge in [-0.25, -0.2) is 25.3 Å². The minimum Gasteiger partial charge on any atom is -0.744 e. The minimum absolute atomic E-state index is 0. The Labute approximate surface area is 243 Å². The maximum absolute atomic E-state index is 10.4. The quantitative estimate of drug-likeness (QED) is 0.213. The SMILES string of the molecule is Cc1ccc(S(=O)(=O)[O-])cc1.Cc1ccc(S(=O)(=O)[O-])cc1.Cc1ccc(S(=O)(=O)[O-])cc1.O.O.O.O.O.O.[Fe+3]. The Morgan fingerprint density at radius 2 is 0.500 bits per heavy atom. The average Bonchev–Trinajstić information content (AvgIpc) is 2.68. The summed E-state index contributed by atoms with van der Waals surface area (Å²) in [6.45, 7) is 5.46. The van der Waals surface area contributed by atoms with Gasteiger partial charge in [-0.05, 0) is 57.2 Å². The van der Waals surface area contributed by atoms with Crippen molar-refractivity contribution < 1.29 is 88.8 Å². The third kappa shape index (κ3) is 20.6. The van der Waals surface area contributed by atoms with E-state index in [1.54, 1.807) is 36.4 Å². The van der Waals surface area contributed by atoms with E-state index in [9.17, 15) is 38.9 Å². The number of benzene rings is 3. The standard InChI is InChI=1S/3C7H8O3S.Fe.6H2O/c3*1-6-2-4-7(5-3-6)11(8,9)10;;;;;;;/h3*2-5H,1H3,(H,8,9,10);;6*1H2/q;;;+3;;;;;;/p-3. The zero-order chi connectivity index (χ0) is 25.4. The second kappa shape index (κ2) is 22.4. The largest absolute Gasteiger partial charge is 3.00 e. The zero-order valence-corrected chi connectivity index (χ0v) is 24.7. The Morgan fingerprint density at radius 3 is 0.600 bits per heavy atom. The molecule has 0 aliphatic carbocycles. The Balaban J connectivity index is -0.0000000751. The van der Waals surface area contributed by atoms with E-state index in [4.69, 9.17) is 0 Å². The van der Waals surface area contributed by atoms with Crippen LogP contribution >= 0.6 is 0 Å². The molecule has 40 heavy (non-hydrogen) atoms. The van der Waals surface area contributed by atoms with Crippen molar-refractivity contribution in [2.75, 3.05) is 0 Å². The number of hydrogen-bond acceptors (Lipinski definition) is 9. The minimum atomic E-state index is -4.27. The van der Waals surface area contributed by atoms with E-state index >= 15 is 0 Å². The summed E-state index contributed by atoms with van der Waals surface area (Å²) in [4.78, 5) is -0.533. The number of rotatable bonds is 3. The summed E-state index contributed by atoms with van der Waals surface area (Å²) in [5.74, 6) is 0. The van der Waals surface area contributed by atoms with Crippen LogP contribution in [0.4, 0.5) is 0 Å². The van der Waals surface area contributed by atoms with Crippen LogP contribution in [0.5, 0.6) is 0 Å². The fourth-order valence-corrected chi connectivity index (χ4v) is 3.52. The Kier molecular flexibility index (Phi) is 30.1. The zero-order valence-electron chi connectivity index (χ0n) is 21.2. The molecule has 1 radical (unpaired) electrons. The van der Waals surface area contributed by atoms with Crippen LogP contribution in [0.3, 0.4) is 0 Å². The number of aryl methyl sites for hydroxylation is 3. The first-order valence-corrected chi connectivity index (χ1v) is 13.3. The molecule has 233 valence electrons. The summed E-state index contributed by atoms with van der Waals surface area (Å²) in [5.41, 5.74) is 2.78. The molecule has 3 aromatic carbocycles. The van der Waals surface area contributed by atoms with Crippen LogP contribution in [0.2, 0.25) is 0 Å². The average molecular weight is 678 g/mol. The van der Waals surface area contributed by atoms with Gasteiger partial charge in [-0.15, -0.1) is 0 Å². The third-order valence-corrected chi connectivity index (χ3v) is 6.48. The van der Waals surface area contributed by atoms with Crippen molar-refractivity contribution in [1.29, 1.82) is 0 Å². The first-order chi connectivity index (χ1) is 15.0. The fourth-order valence-electron chi connectivity index (χ4n) is 2.11. The molecule has 12 N–H and O–H groups in total. The molecule has 0 aliphatic heterocycles. The van der Waals surface area contributed by atoms with Crippen LogP contribution in [0.1, 0.15) is 16.7 Å². The van der Waals surface area contributed by atoms with E-state index < -0.39 is 30.4 Å². The monoisotopic (exact) mass is 677 g/mol. The second-order valence-corrected chi connectivity index (χ2v) is 10.9. The van der Waals surface area contributed by atoms with Gasteiger partial charge >= 0.3 is 17.1 Å². The van der Waals surface area contributed by atoms with Gasteiger partial charge in [0, 0.05) is 0 Å². The summed E-state index contributed by atoms with van der Waals surface area (Å²) in [7, 11) is -12.8. The smallest absolute Gasteiger partial charge is 0.744 e. The summed E-state index contributed by atoms with van der Waals surface area (Å²) in [5, 5.41) is 0. The van der Waals surface area contributed by atoms with Crippen LogP contribution in [0.25, 0.3) is 0 Å². The molecule has 0 saturated heterocycles. The van der Waals surface area contributed by atoms with E-state index in [1.807, 2.05) is 20.8 Å². The molecule has 3 rings (SSSR count). The molecule has 0 fully saturated rings. The van der Waals surface area contributed by atoms with Crippen molar-refractivity contribution in [2.24, 2.45) is 0 Å². The molecule has 0 unspecified atom stereocenters. The van der Waals surface area contributed by atoms with Crippen molar-refractivity contribution in [3.05, 3.63) is 89.5 Å². The van der Waals surface area contributed by atoms with Gasteiger partial charge in [-0.1, -0.05) is 53.1 Å². The second-order valence-electron chi connectivity index (χ2n) is 6.80. The topological polar surface area (TPSA) is 361 Å². The van der Waals surface area contributed by atoms with E-state index in [-0.39, 0.29) is 64.6 Å². The van der Waals surface area contributed by atoms with Crippen molar-refractivity contribution >= 4 is 30.4 Å². The van der Waals surface area contributed by atoms with Gasteiger partial charge in [-0.2, -0.15) is 0 Å². The van der Waals surface area contributed by atoms with Crippen molar-refractivity contribution in [3.63, 3.8) is 0 Å². The summed E-state index contributed by atoms with van der Waals surface area (Å²) < 4.78 is 93.5. The van der Waals surface area contributed by atoms with Crippen molar-refractivity contribution in [3.8, 4) is 0 Å². The van der Waals surface area contributed by atoms with Crippen molar-refractivity contribution in [2.45, 2.75) is 35.5 Å². The third-order valence-electron chi connectivity index (χ3n) is 3.93. The van der Waals surface area contributed by atoms with Gasteiger partial charge in [0.15, 0.2) is 0 Å². The molecule has 3 aromatic rings. The first kappa shape index (κ1) is 53.9. The van der Waals surface area contributed by atoms with Gasteiger partial charge in [0.05, 0.1) is 14.7 Å². The van der Waals surface area contributed by atoms with E-state index in [0.29, 0.717) is 0 Å². The van der Waals surface area contributed by atoms with Gasteiger partial charge < -0.3 is 46.5 Å². The van der Waals surface area contributed by atoms with Crippen LogP contribution < -0.4 is 0 Å². The molecule has 0 atom stereocenters. The van der Waals surface area contributed by atoms with Crippen LogP contribution in [0, 0.1) is 20.8 Å². The number of hydrogen-bond donors (Lipinski definition) is 0. The molecule has 0 heterocycles. The summed E-state index contributed by atoms with van der Waals surface area (Å²) >= 11 is 0. The molecular weight excluding hydrogens is 644 g/mol. The van der Waals surface area contributed by atoms with Crippen LogP contribution in [0.15, 0.2) is 87.5 Å². The molecule has 0 aromatic heterocycles. The Bertz CT molecular complexity index is 1200. The predicted octanol–water partition coefficient (Wildman–Crippen LogP) is -2.25. The van der Waals surface area contributed by atoms with E-state index in [2.05, 4.69) is 0 Å². The van der Waals surface area contributed by atoms with Crippen molar-refractivity contribution in [1.82, 2.24) is 0 Å². The molecule has 0 amide bonds. The molecule has 0 saturated carbocycles. The molecular formula is C21H33FeO15S3. The maximum atomic E-state index is 10.4. The Morgan fingerprint density at radius 1 is 0.375 bits per heavy atom. The molecule has 15 nitrogen and oxygen atoms in total. The van der Waals surface area contributed by atoms with E-state index in [1.165, 1.54) is 36.4 Å². The maximum Gasteiger partial charge on any atom is 3.00 e. The summed E-state index contributed by atoms with van der Waals surface area (Å²) in [6.07, 6.45) is 0. The van der Waals surface area contributed by atoms with Gasteiger partial charge in [-0.3, -0.25) is 0 Å². The van der Waals surface area contributed by atoms with Crippen LogP contribution in [-0.4, -0.2) is 71.8 Å².